The quantitative estimate of drug-likeness (QED) is 0.597. The number of carbonyl (C=O) groups is 1. The van der Waals surface area contributed by atoms with Gasteiger partial charge in [0, 0.05) is 27.1 Å². The average molecular weight is 238 g/mol. The van der Waals surface area contributed by atoms with E-state index in [1.54, 1.807) is 7.11 Å². The summed E-state index contributed by atoms with van der Waals surface area (Å²) >= 11 is 0. The van der Waals surface area contributed by atoms with Crippen LogP contribution in [0, 0.1) is 13.8 Å². The predicted octanol–water partition coefficient (Wildman–Crippen LogP) is 2.89. The minimum Gasteiger partial charge on any atom is -0.466 e. The third-order valence-electron chi connectivity index (χ3n) is 2.22. The lowest BCUT2D eigenvalue weighted by molar-refractivity contribution is -0.141. The molecular formula is C14H22O3. The minimum atomic E-state index is -0.230. The lowest BCUT2D eigenvalue weighted by Crippen LogP contribution is -2.02. The molecule has 0 heterocycles. The molecule has 0 aliphatic rings. The number of esters is 1. The fourth-order valence-electron chi connectivity index (χ4n) is 1.08. The summed E-state index contributed by atoms with van der Waals surface area (Å²) in [4.78, 5) is 10.1. The summed E-state index contributed by atoms with van der Waals surface area (Å²) in [6, 6.07) is 8.36. The molecule has 1 aromatic carbocycles. The zero-order chi connectivity index (χ0) is 13.1. The van der Waals surface area contributed by atoms with Crippen molar-refractivity contribution in [2.75, 3.05) is 20.3 Å². The molecule has 0 atom stereocenters. The van der Waals surface area contributed by atoms with Gasteiger partial charge < -0.3 is 9.47 Å². The van der Waals surface area contributed by atoms with Gasteiger partial charge >= 0.3 is 5.97 Å². The van der Waals surface area contributed by atoms with Crippen LogP contribution in [0.1, 0.15) is 24.5 Å². The summed E-state index contributed by atoms with van der Waals surface area (Å²) < 4.78 is 9.36. The van der Waals surface area contributed by atoms with Crippen molar-refractivity contribution in [1.82, 2.24) is 0 Å². The van der Waals surface area contributed by atoms with Crippen molar-refractivity contribution in [3.05, 3.63) is 35.4 Å². The second-order valence-corrected chi connectivity index (χ2v) is 3.77. The Morgan fingerprint density at radius 3 is 2.00 bits per heavy atom. The number of rotatable bonds is 4. The molecule has 1 aromatic rings. The van der Waals surface area contributed by atoms with Crippen molar-refractivity contribution >= 4 is 5.97 Å². The van der Waals surface area contributed by atoms with Gasteiger partial charge in [-0.15, -0.1) is 0 Å². The molecule has 96 valence electrons. The number of methoxy groups -OCH3 is 1. The molecule has 0 aliphatic heterocycles. The van der Waals surface area contributed by atoms with E-state index in [2.05, 4.69) is 42.8 Å². The van der Waals surface area contributed by atoms with Gasteiger partial charge in [-0.05, 0) is 25.0 Å². The molecule has 3 heteroatoms. The Balaban J connectivity index is 0.000000302. The maximum absolute atomic E-state index is 10.1. The van der Waals surface area contributed by atoms with Crippen molar-refractivity contribution in [2.45, 2.75) is 27.2 Å². The molecule has 1 rings (SSSR count). The zero-order valence-electron chi connectivity index (χ0n) is 11.2. The van der Waals surface area contributed by atoms with E-state index in [9.17, 15) is 4.79 Å². The van der Waals surface area contributed by atoms with Crippen LogP contribution in [-0.4, -0.2) is 26.3 Å². The van der Waals surface area contributed by atoms with Crippen LogP contribution in [0.15, 0.2) is 24.3 Å². The van der Waals surface area contributed by atoms with E-state index in [1.807, 2.05) is 0 Å². The Morgan fingerprint density at radius 2 is 1.65 bits per heavy atom. The van der Waals surface area contributed by atoms with Crippen LogP contribution in [0.3, 0.4) is 0 Å². The van der Waals surface area contributed by atoms with Crippen molar-refractivity contribution in [3.63, 3.8) is 0 Å². The van der Waals surface area contributed by atoms with Crippen molar-refractivity contribution < 1.29 is 14.3 Å². The van der Waals surface area contributed by atoms with Crippen molar-refractivity contribution in [3.8, 4) is 0 Å². The molecule has 0 radical (unpaired) electrons. The highest BCUT2D eigenvalue weighted by Crippen LogP contribution is 2.02. The van der Waals surface area contributed by atoms with Crippen molar-refractivity contribution in [2.24, 2.45) is 0 Å². The van der Waals surface area contributed by atoms with Gasteiger partial charge in [0.05, 0.1) is 6.61 Å². The maximum atomic E-state index is 10.1. The molecular weight excluding hydrogens is 216 g/mol. The van der Waals surface area contributed by atoms with Crippen LogP contribution in [0.4, 0.5) is 0 Å². The SMILES string of the molecule is COCCCOC(C)=O.Cc1ccccc1C. The Bertz CT molecular complexity index is 300. The third kappa shape index (κ3) is 9.57. The second-order valence-electron chi connectivity index (χ2n) is 3.77. The highest BCUT2D eigenvalue weighted by Gasteiger charge is 1.90. The topological polar surface area (TPSA) is 35.5 Å². The van der Waals surface area contributed by atoms with E-state index in [4.69, 9.17) is 4.74 Å². The molecule has 0 fully saturated rings. The normalized spacial score (nSPS) is 9.18. The van der Waals surface area contributed by atoms with E-state index in [-0.39, 0.29) is 5.97 Å². The molecule has 0 spiro atoms. The molecule has 0 N–H and O–H groups in total. The molecule has 3 nitrogen and oxygen atoms in total. The first-order chi connectivity index (χ1) is 8.07. The predicted molar refractivity (Wildman–Crippen MR) is 69.0 cm³/mol. The summed E-state index contributed by atoms with van der Waals surface area (Å²) in [5.41, 5.74) is 2.74. The Morgan fingerprint density at radius 1 is 1.12 bits per heavy atom. The molecule has 0 amide bonds. The van der Waals surface area contributed by atoms with Gasteiger partial charge in [0.15, 0.2) is 0 Å². The van der Waals surface area contributed by atoms with E-state index in [0.717, 1.165) is 6.42 Å². The Hall–Kier alpha value is -1.35. The summed E-state index contributed by atoms with van der Waals surface area (Å²) in [5, 5.41) is 0. The Labute approximate surface area is 104 Å². The summed E-state index contributed by atoms with van der Waals surface area (Å²) in [7, 11) is 1.62. The first-order valence-corrected chi connectivity index (χ1v) is 5.72. The first kappa shape index (κ1) is 15.7. The fraction of sp³-hybridized carbons (Fsp3) is 0.500. The van der Waals surface area contributed by atoms with Gasteiger partial charge in [-0.3, -0.25) is 4.79 Å². The smallest absolute Gasteiger partial charge is 0.302 e. The lowest BCUT2D eigenvalue weighted by atomic mass is 10.1. The third-order valence-corrected chi connectivity index (χ3v) is 2.22. The second kappa shape index (κ2) is 9.85. The highest BCUT2D eigenvalue weighted by molar-refractivity contribution is 5.65. The highest BCUT2D eigenvalue weighted by atomic mass is 16.5. The van der Waals surface area contributed by atoms with Crippen LogP contribution in [0.5, 0.6) is 0 Å². The van der Waals surface area contributed by atoms with Gasteiger partial charge in [0.25, 0.3) is 0 Å². The number of hydrogen-bond donors (Lipinski definition) is 0. The van der Waals surface area contributed by atoms with Gasteiger partial charge in [-0.2, -0.15) is 0 Å². The average Bonchev–Trinajstić information content (AvgIpc) is 2.29. The number of aryl methyl sites for hydroxylation is 2. The number of ether oxygens (including phenoxy) is 2. The standard InChI is InChI=1S/C8H10.C6H12O3/c1-7-5-3-4-6-8(7)2;1-6(7)9-5-3-4-8-2/h3-6H,1-2H3;3-5H2,1-2H3. The summed E-state index contributed by atoms with van der Waals surface area (Å²) in [5.74, 6) is -0.230. The molecule has 17 heavy (non-hydrogen) atoms. The minimum absolute atomic E-state index is 0.230. The summed E-state index contributed by atoms with van der Waals surface area (Å²) in [6.45, 7) is 6.74. The molecule has 0 bridgehead atoms. The molecule has 0 unspecified atom stereocenters. The van der Waals surface area contributed by atoms with E-state index in [1.165, 1.54) is 18.1 Å². The monoisotopic (exact) mass is 238 g/mol. The maximum Gasteiger partial charge on any atom is 0.302 e. The van der Waals surface area contributed by atoms with Gasteiger partial charge in [-0.25, -0.2) is 0 Å². The fourth-order valence-corrected chi connectivity index (χ4v) is 1.08. The van der Waals surface area contributed by atoms with Gasteiger partial charge in [0.1, 0.15) is 0 Å². The van der Waals surface area contributed by atoms with Crippen LogP contribution in [0.25, 0.3) is 0 Å². The molecule has 0 aliphatic carbocycles. The molecule has 0 saturated carbocycles. The number of benzene rings is 1. The zero-order valence-corrected chi connectivity index (χ0v) is 11.2. The summed E-state index contributed by atoms with van der Waals surface area (Å²) in [6.07, 6.45) is 0.774. The van der Waals surface area contributed by atoms with E-state index in [0.29, 0.717) is 13.2 Å². The lowest BCUT2D eigenvalue weighted by Gasteiger charge is -1.98. The molecule has 0 saturated heterocycles. The van der Waals surface area contributed by atoms with E-state index < -0.39 is 0 Å². The van der Waals surface area contributed by atoms with Gasteiger partial charge in [0.2, 0.25) is 0 Å². The first-order valence-electron chi connectivity index (χ1n) is 5.72. The van der Waals surface area contributed by atoms with Crippen LogP contribution in [0.2, 0.25) is 0 Å². The van der Waals surface area contributed by atoms with Crippen LogP contribution in [-0.2, 0) is 14.3 Å². The Kier molecular flexibility index (Phi) is 9.06. The number of hydrogen-bond acceptors (Lipinski definition) is 3. The van der Waals surface area contributed by atoms with Crippen LogP contribution < -0.4 is 0 Å². The largest absolute Gasteiger partial charge is 0.466 e. The molecule has 0 aromatic heterocycles. The van der Waals surface area contributed by atoms with Crippen LogP contribution >= 0.6 is 0 Å². The van der Waals surface area contributed by atoms with Crippen molar-refractivity contribution in [1.29, 1.82) is 0 Å². The van der Waals surface area contributed by atoms with E-state index >= 15 is 0 Å². The number of carbonyl (C=O) groups excluding carboxylic acids is 1. The van der Waals surface area contributed by atoms with Gasteiger partial charge in [-0.1, -0.05) is 24.3 Å².